The van der Waals surface area contributed by atoms with Gasteiger partial charge in [-0.25, -0.2) is 4.98 Å². The van der Waals surface area contributed by atoms with E-state index < -0.39 is 0 Å². The first kappa shape index (κ1) is 13.2. The monoisotopic (exact) mass is 259 g/mol. The summed E-state index contributed by atoms with van der Waals surface area (Å²) < 4.78 is 1.89. The molecule has 2 heterocycles. The summed E-state index contributed by atoms with van der Waals surface area (Å²) in [7, 11) is 3.65. The summed E-state index contributed by atoms with van der Waals surface area (Å²) in [6, 6.07) is 3.41. The third-order valence-electron chi connectivity index (χ3n) is 2.92. The number of nitrogens with zero attached hydrogens (tertiary/aromatic N) is 4. The van der Waals surface area contributed by atoms with E-state index in [1.807, 2.05) is 17.8 Å². The van der Waals surface area contributed by atoms with Crippen LogP contribution < -0.4 is 5.73 Å². The molecule has 0 fully saturated rings. The van der Waals surface area contributed by atoms with Gasteiger partial charge in [0, 0.05) is 44.8 Å². The average Bonchev–Trinajstić information content (AvgIpc) is 2.83. The molecule has 6 heteroatoms. The smallest absolute Gasteiger partial charge is 0.254 e. The van der Waals surface area contributed by atoms with Gasteiger partial charge in [-0.2, -0.15) is 0 Å². The van der Waals surface area contributed by atoms with Gasteiger partial charge in [0.2, 0.25) is 0 Å². The van der Waals surface area contributed by atoms with E-state index in [0.717, 1.165) is 5.82 Å². The van der Waals surface area contributed by atoms with Gasteiger partial charge in [-0.1, -0.05) is 0 Å². The maximum absolute atomic E-state index is 12.3. The lowest BCUT2D eigenvalue weighted by Gasteiger charge is -2.17. The third kappa shape index (κ3) is 2.97. The number of hydrogen-bond donors (Lipinski definition) is 1. The van der Waals surface area contributed by atoms with Crippen LogP contribution in [0.5, 0.6) is 0 Å². The zero-order valence-corrected chi connectivity index (χ0v) is 11.1. The number of pyridine rings is 1. The van der Waals surface area contributed by atoms with Gasteiger partial charge in [0.1, 0.15) is 5.82 Å². The molecule has 19 heavy (non-hydrogen) atoms. The number of nitrogens with two attached hydrogens (primary N) is 1. The Kier molecular flexibility index (Phi) is 3.91. The lowest BCUT2D eigenvalue weighted by atomic mass is 10.2. The van der Waals surface area contributed by atoms with Gasteiger partial charge in [0.15, 0.2) is 0 Å². The fourth-order valence-corrected chi connectivity index (χ4v) is 1.78. The Morgan fingerprint density at radius 3 is 2.84 bits per heavy atom. The first-order valence-corrected chi connectivity index (χ1v) is 5.98. The predicted octanol–water partition coefficient (Wildman–Crippen LogP) is 0.546. The van der Waals surface area contributed by atoms with Crippen molar-refractivity contribution < 1.29 is 4.79 Å². The molecule has 2 aromatic heterocycles. The molecule has 0 spiro atoms. The molecule has 2 rings (SSSR count). The molecule has 0 saturated heterocycles. The second-order valence-electron chi connectivity index (χ2n) is 4.36. The van der Waals surface area contributed by atoms with Crippen molar-refractivity contribution in [2.45, 2.75) is 13.1 Å². The molecule has 0 saturated carbocycles. The van der Waals surface area contributed by atoms with Crippen LogP contribution in [0.15, 0.2) is 30.7 Å². The van der Waals surface area contributed by atoms with E-state index in [1.165, 1.54) is 0 Å². The number of imidazole rings is 1. The quantitative estimate of drug-likeness (QED) is 0.869. The van der Waals surface area contributed by atoms with Crippen molar-refractivity contribution in [2.75, 3.05) is 7.05 Å². The molecule has 0 aliphatic heterocycles. The number of hydrogen-bond acceptors (Lipinski definition) is 4. The van der Waals surface area contributed by atoms with Crippen LogP contribution in [-0.2, 0) is 20.1 Å². The topological polar surface area (TPSA) is 77.0 Å². The largest absolute Gasteiger partial charge is 0.337 e. The zero-order valence-electron chi connectivity index (χ0n) is 11.1. The molecular weight excluding hydrogens is 242 g/mol. The van der Waals surface area contributed by atoms with E-state index in [1.54, 1.807) is 36.5 Å². The Balaban J connectivity index is 2.12. The van der Waals surface area contributed by atoms with E-state index in [0.29, 0.717) is 24.3 Å². The molecule has 0 radical (unpaired) electrons. The lowest BCUT2D eigenvalue weighted by Crippen LogP contribution is -2.27. The minimum Gasteiger partial charge on any atom is -0.337 e. The fraction of sp³-hybridized carbons (Fsp3) is 0.308. The van der Waals surface area contributed by atoms with Crippen LogP contribution in [-0.4, -0.2) is 32.4 Å². The van der Waals surface area contributed by atoms with E-state index >= 15 is 0 Å². The normalized spacial score (nSPS) is 10.5. The number of carbonyl (C=O) groups is 1. The predicted molar refractivity (Wildman–Crippen MR) is 71.1 cm³/mol. The van der Waals surface area contributed by atoms with Crippen molar-refractivity contribution in [2.24, 2.45) is 12.8 Å². The number of aryl methyl sites for hydroxylation is 1. The molecular formula is C13H17N5O. The van der Waals surface area contributed by atoms with Crippen LogP contribution in [0.25, 0.3) is 0 Å². The summed E-state index contributed by atoms with van der Waals surface area (Å²) in [6.07, 6.45) is 5.17. The summed E-state index contributed by atoms with van der Waals surface area (Å²) in [6.45, 7) is 0.785. The van der Waals surface area contributed by atoms with Gasteiger partial charge < -0.3 is 15.2 Å². The highest BCUT2D eigenvalue weighted by molar-refractivity contribution is 5.94. The van der Waals surface area contributed by atoms with Gasteiger partial charge >= 0.3 is 0 Å². The fourth-order valence-electron chi connectivity index (χ4n) is 1.78. The van der Waals surface area contributed by atoms with Gasteiger partial charge in [-0.15, -0.1) is 0 Å². The van der Waals surface area contributed by atoms with Crippen molar-refractivity contribution in [3.8, 4) is 0 Å². The molecule has 0 unspecified atom stereocenters. The van der Waals surface area contributed by atoms with E-state index in [-0.39, 0.29) is 5.91 Å². The first-order chi connectivity index (χ1) is 9.11. The molecule has 6 nitrogen and oxygen atoms in total. The molecule has 100 valence electrons. The number of rotatable bonds is 4. The molecule has 0 bridgehead atoms. The summed E-state index contributed by atoms with van der Waals surface area (Å²) in [5.74, 6) is 0.768. The van der Waals surface area contributed by atoms with Gasteiger partial charge in [-0.3, -0.25) is 9.78 Å². The van der Waals surface area contributed by atoms with E-state index in [2.05, 4.69) is 9.97 Å². The van der Waals surface area contributed by atoms with Crippen molar-refractivity contribution in [1.29, 1.82) is 0 Å². The van der Waals surface area contributed by atoms with Crippen LogP contribution in [0.4, 0.5) is 0 Å². The highest BCUT2D eigenvalue weighted by Crippen LogP contribution is 2.07. The van der Waals surface area contributed by atoms with Crippen LogP contribution in [0, 0.1) is 0 Å². The zero-order chi connectivity index (χ0) is 13.8. The van der Waals surface area contributed by atoms with Gasteiger partial charge in [0.05, 0.1) is 12.2 Å². The van der Waals surface area contributed by atoms with Crippen LogP contribution >= 0.6 is 0 Å². The van der Waals surface area contributed by atoms with Crippen LogP contribution in [0.1, 0.15) is 21.9 Å². The Bertz CT molecular complexity index is 578. The standard InChI is InChI=1S/C13H17N5O/c1-17-6-5-16-12(17)9-18(2)13(19)10-3-4-15-11(7-10)8-14/h3-7H,8-9,14H2,1-2H3. The van der Waals surface area contributed by atoms with Crippen molar-refractivity contribution >= 4 is 5.91 Å². The number of aromatic nitrogens is 3. The molecule has 0 aliphatic carbocycles. The minimum absolute atomic E-state index is 0.0694. The number of carbonyl (C=O) groups excluding carboxylic acids is 1. The molecule has 2 aromatic rings. The molecule has 1 amide bonds. The summed E-state index contributed by atoms with van der Waals surface area (Å²) in [5, 5.41) is 0. The Hall–Kier alpha value is -2.21. The van der Waals surface area contributed by atoms with Crippen molar-refractivity contribution in [1.82, 2.24) is 19.4 Å². The Labute approximate surface area is 111 Å². The highest BCUT2D eigenvalue weighted by Gasteiger charge is 2.14. The maximum atomic E-state index is 12.3. The maximum Gasteiger partial charge on any atom is 0.254 e. The molecule has 0 aromatic carbocycles. The van der Waals surface area contributed by atoms with Gasteiger partial charge in [0.25, 0.3) is 5.91 Å². The van der Waals surface area contributed by atoms with Crippen molar-refractivity contribution in [3.05, 3.63) is 47.8 Å². The minimum atomic E-state index is -0.0694. The van der Waals surface area contributed by atoms with Crippen molar-refractivity contribution in [3.63, 3.8) is 0 Å². The van der Waals surface area contributed by atoms with Crippen LogP contribution in [0.2, 0.25) is 0 Å². The number of amides is 1. The first-order valence-electron chi connectivity index (χ1n) is 5.98. The molecule has 0 aliphatic rings. The molecule has 0 atom stereocenters. The summed E-state index contributed by atoms with van der Waals surface area (Å²) in [5.41, 5.74) is 6.82. The molecule has 2 N–H and O–H groups in total. The second kappa shape index (κ2) is 5.62. The lowest BCUT2D eigenvalue weighted by molar-refractivity contribution is 0.0780. The average molecular weight is 259 g/mol. The highest BCUT2D eigenvalue weighted by atomic mass is 16.2. The SMILES string of the molecule is CN(Cc1nccn1C)C(=O)c1ccnc(CN)c1. The summed E-state index contributed by atoms with van der Waals surface area (Å²) >= 11 is 0. The van der Waals surface area contributed by atoms with E-state index in [4.69, 9.17) is 5.73 Å². The summed E-state index contributed by atoms with van der Waals surface area (Å²) in [4.78, 5) is 22.2. The van der Waals surface area contributed by atoms with Crippen LogP contribution in [0.3, 0.4) is 0 Å². The third-order valence-corrected chi connectivity index (χ3v) is 2.92. The van der Waals surface area contributed by atoms with E-state index in [9.17, 15) is 4.79 Å². The van der Waals surface area contributed by atoms with Gasteiger partial charge in [-0.05, 0) is 12.1 Å². The Morgan fingerprint density at radius 1 is 1.42 bits per heavy atom. The Morgan fingerprint density at radius 2 is 2.21 bits per heavy atom. The second-order valence-corrected chi connectivity index (χ2v) is 4.36.